The molecule has 5 nitrogen and oxygen atoms in total. The molecule has 0 bridgehead atoms. The molecule has 0 amide bonds. The Balaban J connectivity index is 1.83. The van der Waals surface area contributed by atoms with Gasteiger partial charge in [0.25, 0.3) is 0 Å². The van der Waals surface area contributed by atoms with Crippen molar-refractivity contribution >= 4 is 16.7 Å². The molecule has 1 fully saturated rings. The number of fused-ring (bicyclic) bond motifs is 1. The molecule has 2 heterocycles. The second-order valence-corrected chi connectivity index (χ2v) is 5.65. The molecule has 2 aromatic carbocycles. The molecule has 0 spiro atoms. The van der Waals surface area contributed by atoms with Crippen LogP contribution >= 0.6 is 0 Å². The monoisotopic (exact) mass is 318 g/mol. The van der Waals surface area contributed by atoms with Gasteiger partial charge in [-0.05, 0) is 24.3 Å². The van der Waals surface area contributed by atoms with E-state index in [1.807, 2.05) is 36.4 Å². The minimum atomic E-state index is -0.596. The standard InChI is InChI=1S/C19H14N2O3/c20-11-14-10-17(21(24-14)13-6-2-1-3-7-13)16-12-23-18-9-5-4-8-15(18)19(16)22/h1-9,12,14,17H,10H2/t14-,17-/m0/s1. The van der Waals surface area contributed by atoms with Crippen molar-refractivity contribution in [3.05, 3.63) is 76.6 Å². The highest BCUT2D eigenvalue weighted by Gasteiger charge is 2.37. The Kier molecular flexibility index (Phi) is 3.52. The Morgan fingerprint density at radius 2 is 1.83 bits per heavy atom. The second-order valence-electron chi connectivity index (χ2n) is 5.65. The predicted molar refractivity (Wildman–Crippen MR) is 89.2 cm³/mol. The largest absolute Gasteiger partial charge is 0.464 e. The van der Waals surface area contributed by atoms with Gasteiger partial charge in [0.1, 0.15) is 11.8 Å². The van der Waals surface area contributed by atoms with Crippen molar-refractivity contribution in [3.63, 3.8) is 0 Å². The zero-order valence-electron chi connectivity index (χ0n) is 12.8. The summed E-state index contributed by atoms with van der Waals surface area (Å²) in [4.78, 5) is 18.6. The molecule has 1 aliphatic rings. The highest BCUT2D eigenvalue weighted by Crippen LogP contribution is 2.37. The minimum absolute atomic E-state index is 0.0926. The first-order valence-electron chi connectivity index (χ1n) is 7.69. The molecule has 0 saturated carbocycles. The first-order valence-corrected chi connectivity index (χ1v) is 7.69. The van der Waals surface area contributed by atoms with Crippen molar-refractivity contribution < 1.29 is 9.25 Å². The van der Waals surface area contributed by atoms with Crippen LogP contribution in [0, 0.1) is 11.3 Å². The zero-order chi connectivity index (χ0) is 16.5. The van der Waals surface area contributed by atoms with Crippen LogP contribution in [0.4, 0.5) is 5.69 Å². The summed E-state index contributed by atoms with van der Waals surface area (Å²) in [5.41, 5.74) is 1.75. The third-order valence-corrected chi connectivity index (χ3v) is 4.18. The van der Waals surface area contributed by atoms with E-state index in [0.29, 0.717) is 23.0 Å². The fourth-order valence-corrected chi connectivity index (χ4v) is 3.02. The maximum atomic E-state index is 12.9. The Hall–Kier alpha value is -3.10. The van der Waals surface area contributed by atoms with E-state index in [0.717, 1.165) is 5.69 Å². The quantitative estimate of drug-likeness (QED) is 0.722. The van der Waals surface area contributed by atoms with Crippen molar-refractivity contribution in [2.45, 2.75) is 18.6 Å². The summed E-state index contributed by atoms with van der Waals surface area (Å²) < 4.78 is 5.62. The molecule has 24 heavy (non-hydrogen) atoms. The van der Waals surface area contributed by atoms with Crippen molar-refractivity contribution in [2.75, 3.05) is 5.06 Å². The van der Waals surface area contributed by atoms with E-state index in [1.54, 1.807) is 23.3 Å². The fraction of sp³-hybridized carbons (Fsp3) is 0.158. The average molecular weight is 318 g/mol. The normalized spacial score (nSPS) is 20.2. The maximum absolute atomic E-state index is 12.9. The van der Waals surface area contributed by atoms with E-state index in [-0.39, 0.29) is 11.5 Å². The Morgan fingerprint density at radius 3 is 2.62 bits per heavy atom. The third kappa shape index (κ3) is 2.34. The minimum Gasteiger partial charge on any atom is -0.464 e. The van der Waals surface area contributed by atoms with Crippen LogP contribution in [-0.2, 0) is 4.84 Å². The van der Waals surface area contributed by atoms with E-state index in [1.165, 1.54) is 6.26 Å². The van der Waals surface area contributed by atoms with Crippen molar-refractivity contribution in [1.29, 1.82) is 5.26 Å². The Morgan fingerprint density at radius 1 is 1.08 bits per heavy atom. The molecular weight excluding hydrogens is 304 g/mol. The van der Waals surface area contributed by atoms with Crippen molar-refractivity contribution in [2.24, 2.45) is 0 Å². The summed E-state index contributed by atoms with van der Waals surface area (Å²) in [5.74, 6) is 0. The number of hydrogen-bond donors (Lipinski definition) is 0. The maximum Gasteiger partial charge on any atom is 0.198 e. The smallest absolute Gasteiger partial charge is 0.198 e. The number of nitrogens with zero attached hydrogens (tertiary/aromatic N) is 2. The summed E-state index contributed by atoms with van der Waals surface area (Å²) >= 11 is 0. The number of hydrogen-bond acceptors (Lipinski definition) is 5. The van der Waals surface area contributed by atoms with Gasteiger partial charge in [-0.3, -0.25) is 9.63 Å². The molecule has 2 atom stereocenters. The van der Waals surface area contributed by atoms with E-state index in [4.69, 9.17) is 9.25 Å². The van der Waals surface area contributed by atoms with E-state index in [2.05, 4.69) is 6.07 Å². The summed E-state index contributed by atoms with van der Waals surface area (Å²) in [6.07, 6.45) is 1.30. The van der Waals surface area contributed by atoms with E-state index in [9.17, 15) is 10.1 Å². The van der Waals surface area contributed by atoms with Gasteiger partial charge in [0.05, 0.1) is 28.7 Å². The van der Waals surface area contributed by atoms with Gasteiger partial charge in [-0.25, -0.2) is 5.06 Å². The lowest BCUT2D eigenvalue weighted by molar-refractivity contribution is 0.118. The van der Waals surface area contributed by atoms with Crippen LogP contribution in [0.3, 0.4) is 0 Å². The van der Waals surface area contributed by atoms with E-state index >= 15 is 0 Å². The summed E-state index contributed by atoms with van der Waals surface area (Å²) in [6.45, 7) is 0. The lowest BCUT2D eigenvalue weighted by Gasteiger charge is -2.24. The number of benzene rings is 2. The van der Waals surface area contributed by atoms with Gasteiger partial charge in [-0.15, -0.1) is 0 Å². The molecule has 0 unspecified atom stereocenters. The fourth-order valence-electron chi connectivity index (χ4n) is 3.02. The zero-order valence-corrected chi connectivity index (χ0v) is 12.8. The number of para-hydroxylation sites is 2. The summed E-state index contributed by atoms with van der Waals surface area (Å²) in [5, 5.41) is 11.4. The molecule has 1 aromatic heterocycles. The molecule has 0 radical (unpaired) electrons. The second kappa shape index (κ2) is 5.84. The van der Waals surface area contributed by atoms with Crippen LogP contribution < -0.4 is 10.5 Å². The predicted octanol–water partition coefficient (Wildman–Crippen LogP) is 3.57. The molecule has 1 saturated heterocycles. The topological polar surface area (TPSA) is 66.5 Å². The first-order chi connectivity index (χ1) is 11.8. The first kappa shape index (κ1) is 14.5. The number of rotatable bonds is 2. The molecular formula is C19H14N2O3. The average Bonchev–Trinajstić information content (AvgIpc) is 3.07. The van der Waals surface area contributed by atoms with Crippen LogP contribution in [-0.4, -0.2) is 6.10 Å². The van der Waals surface area contributed by atoms with Gasteiger partial charge in [0, 0.05) is 6.42 Å². The lowest BCUT2D eigenvalue weighted by atomic mass is 10.0. The molecule has 0 N–H and O–H groups in total. The molecule has 0 aliphatic carbocycles. The van der Waals surface area contributed by atoms with Crippen molar-refractivity contribution in [1.82, 2.24) is 0 Å². The highest BCUT2D eigenvalue weighted by atomic mass is 16.7. The molecule has 3 aromatic rings. The van der Waals surface area contributed by atoms with E-state index < -0.39 is 6.10 Å². The van der Waals surface area contributed by atoms with Gasteiger partial charge < -0.3 is 4.42 Å². The number of nitriles is 1. The van der Waals surface area contributed by atoms with Crippen LogP contribution in [0.1, 0.15) is 18.0 Å². The van der Waals surface area contributed by atoms with Crippen LogP contribution in [0.5, 0.6) is 0 Å². The van der Waals surface area contributed by atoms with Crippen molar-refractivity contribution in [3.8, 4) is 6.07 Å². The number of hydroxylamine groups is 1. The molecule has 118 valence electrons. The van der Waals surface area contributed by atoms with Gasteiger partial charge in [-0.1, -0.05) is 30.3 Å². The van der Waals surface area contributed by atoms with Gasteiger partial charge >= 0.3 is 0 Å². The van der Waals surface area contributed by atoms with Crippen LogP contribution in [0.2, 0.25) is 0 Å². The summed E-state index contributed by atoms with van der Waals surface area (Å²) in [7, 11) is 0. The molecule has 1 aliphatic heterocycles. The summed E-state index contributed by atoms with van der Waals surface area (Å²) in [6, 6.07) is 18.3. The third-order valence-electron chi connectivity index (χ3n) is 4.18. The SMILES string of the molecule is N#C[C@@H]1C[C@@H](c2coc3ccccc3c2=O)N(c2ccccc2)O1. The van der Waals surface area contributed by atoms with Crippen LogP contribution in [0.15, 0.2) is 70.1 Å². The molecule has 5 heteroatoms. The Bertz CT molecular complexity index is 975. The van der Waals surface area contributed by atoms with Gasteiger partial charge in [0.15, 0.2) is 11.5 Å². The van der Waals surface area contributed by atoms with Gasteiger partial charge in [-0.2, -0.15) is 5.26 Å². The molecule has 4 rings (SSSR count). The highest BCUT2D eigenvalue weighted by molar-refractivity contribution is 5.76. The number of anilines is 1. The Labute approximate surface area is 138 Å². The van der Waals surface area contributed by atoms with Gasteiger partial charge in [0.2, 0.25) is 0 Å². The van der Waals surface area contributed by atoms with Crippen LogP contribution in [0.25, 0.3) is 11.0 Å². The lowest BCUT2D eigenvalue weighted by Crippen LogP contribution is -2.25.